The molecule has 1 rings (SSSR count). The molecular formula is C15H20FN3O. The maximum Gasteiger partial charge on any atom is 0.221 e. The molecular weight excluding hydrogens is 257 g/mol. The third-order valence-corrected chi connectivity index (χ3v) is 2.74. The molecule has 0 fully saturated rings. The Bertz CT molecular complexity index is 520. The van der Waals surface area contributed by atoms with Crippen LogP contribution in [0.2, 0.25) is 0 Å². The fraction of sp³-hybridized carbons (Fsp3) is 0.400. The Morgan fingerprint density at radius 1 is 1.45 bits per heavy atom. The van der Waals surface area contributed by atoms with Crippen molar-refractivity contribution in [2.24, 2.45) is 5.73 Å². The van der Waals surface area contributed by atoms with E-state index in [1.165, 1.54) is 12.1 Å². The highest BCUT2D eigenvalue weighted by atomic mass is 19.1. The summed E-state index contributed by atoms with van der Waals surface area (Å²) in [5.74, 6) is 5.20. The molecule has 0 saturated heterocycles. The number of benzene rings is 1. The summed E-state index contributed by atoms with van der Waals surface area (Å²) < 4.78 is 13.5. The average Bonchev–Trinajstić information content (AvgIpc) is 2.41. The van der Waals surface area contributed by atoms with Gasteiger partial charge in [0, 0.05) is 32.1 Å². The first-order chi connectivity index (χ1) is 9.55. The Hall–Kier alpha value is -1.90. The van der Waals surface area contributed by atoms with Crippen LogP contribution in [0.5, 0.6) is 0 Å². The highest BCUT2D eigenvalue weighted by Crippen LogP contribution is 2.10. The Labute approximate surface area is 119 Å². The minimum Gasteiger partial charge on any atom is -0.359 e. The number of nitrogens with two attached hydrogens (primary N) is 1. The van der Waals surface area contributed by atoms with Crippen LogP contribution in [0.4, 0.5) is 4.39 Å². The summed E-state index contributed by atoms with van der Waals surface area (Å²) in [6.45, 7) is 1.42. The van der Waals surface area contributed by atoms with Crippen LogP contribution < -0.4 is 11.1 Å². The van der Waals surface area contributed by atoms with E-state index in [2.05, 4.69) is 17.2 Å². The molecule has 3 N–H and O–H groups in total. The first kappa shape index (κ1) is 16.2. The van der Waals surface area contributed by atoms with Crippen molar-refractivity contribution in [3.05, 3.63) is 35.1 Å². The number of carbonyl (C=O) groups excluding carboxylic acids is 1. The Kier molecular flexibility index (Phi) is 6.71. The lowest BCUT2D eigenvalue weighted by Crippen LogP contribution is -2.26. The van der Waals surface area contributed by atoms with Crippen LogP contribution in [0.1, 0.15) is 17.5 Å². The highest BCUT2D eigenvalue weighted by Gasteiger charge is 2.05. The van der Waals surface area contributed by atoms with E-state index in [-0.39, 0.29) is 18.3 Å². The van der Waals surface area contributed by atoms with E-state index in [1.807, 2.05) is 18.0 Å². The van der Waals surface area contributed by atoms with Gasteiger partial charge in [0.25, 0.3) is 0 Å². The van der Waals surface area contributed by atoms with Crippen molar-refractivity contribution in [1.82, 2.24) is 10.2 Å². The van der Waals surface area contributed by atoms with Crippen molar-refractivity contribution in [2.45, 2.75) is 13.0 Å². The van der Waals surface area contributed by atoms with E-state index >= 15 is 0 Å². The van der Waals surface area contributed by atoms with Crippen molar-refractivity contribution in [3.8, 4) is 11.8 Å². The predicted octanol–water partition coefficient (Wildman–Crippen LogP) is 0.704. The molecule has 108 valence electrons. The number of nitrogens with zero attached hydrogens (tertiary/aromatic N) is 1. The van der Waals surface area contributed by atoms with Crippen molar-refractivity contribution in [1.29, 1.82) is 0 Å². The molecule has 1 amide bonds. The van der Waals surface area contributed by atoms with E-state index in [0.29, 0.717) is 25.1 Å². The molecule has 0 aliphatic rings. The van der Waals surface area contributed by atoms with Crippen molar-refractivity contribution in [2.75, 3.05) is 27.2 Å². The first-order valence-electron chi connectivity index (χ1n) is 6.42. The van der Waals surface area contributed by atoms with E-state index in [4.69, 9.17) is 5.73 Å². The molecule has 5 heteroatoms. The van der Waals surface area contributed by atoms with E-state index in [9.17, 15) is 9.18 Å². The molecule has 0 aliphatic heterocycles. The van der Waals surface area contributed by atoms with Crippen LogP contribution in [0.15, 0.2) is 18.2 Å². The number of amides is 1. The number of halogens is 1. The van der Waals surface area contributed by atoms with Crippen LogP contribution in [0, 0.1) is 17.7 Å². The van der Waals surface area contributed by atoms with Crippen LogP contribution >= 0.6 is 0 Å². The van der Waals surface area contributed by atoms with E-state index < -0.39 is 0 Å². The highest BCUT2D eigenvalue weighted by molar-refractivity contribution is 5.75. The Balaban J connectivity index is 2.67. The molecule has 0 saturated carbocycles. The van der Waals surface area contributed by atoms with Gasteiger partial charge in [-0.15, -0.1) is 0 Å². The lowest BCUT2D eigenvalue weighted by atomic mass is 10.1. The minimum absolute atomic E-state index is 0.00871. The van der Waals surface area contributed by atoms with Gasteiger partial charge >= 0.3 is 0 Å². The van der Waals surface area contributed by atoms with Gasteiger partial charge in [0.2, 0.25) is 5.91 Å². The zero-order valence-electron chi connectivity index (χ0n) is 11.9. The van der Waals surface area contributed by atoms with Crippen LogP contribution in [-0.4, -0.2) is 38.0 Å². The summed E-state index contributed by atoms with van der Waals surface area (Å²) in [4.78, 5) is 13.1. The molecule has 0 spiro atoms. The third kappa shape index (κ3) is 5.83. The summed E-state index contributed by atoms with van der Waals surface area (Å²) in [5, 5.41) is 2.57. The van der Waals surface area contributed by atoms with Crippen molar-refractivity contribution < 1.29 is 9.18 Å². The standard InChI is InChI=1S/C15H20FN3O/c1-18-15(20)5-7-19(2)11-13-8-12(4-3-6-17)9-14(16)10-13/h8-10H,5-7,11,17H2,1-2H3,(H,18,20). The first-order valence-corrected chi connectivity index (χ1v) is 6.42. The summed E-state index contributed by atoms with van der Waals surface area (Å²) in [7, 11) is 3.50. The number of carbonyl (C=O) groups is 1. The van der Waals surface area contributed by atoms with Gasteiger partial charge in [-0.05, 0) is 30.8 Å². The Morgan fingerprint density at radius 2 is 2.20 bits per heavy atom. The van der Waals surface area contributed by atoms with Gasteiger partial charge in [0.05, 0.1) is 6.54 Å². The maximum atomic E-state index is 13.5. The molecule has 0 aliphatic carbocycles. The monoisotopic (exact) mass is 277 g/mol. The van der Waals surface area contributed by atoms with Gasteiger partial charge in [0.15, 0.2) is 0 Å². The van der Waals surface area contributed by atoms with Crippen molar-refractivity contribution in [3.63, 3.8) is 0 Å². The lowest BCUT2D eigenvalue weighted by Gasteiger charge is -2.16. The molecule has 0 unspecified atom stereocenters. The van der Waals surface area contributed by atoms with Gasteiger partial charge in [-0.2, -0.15) is 0 Å². The summed E-state index contributed by atoms with van der Waals surface area (Å²) in [6.07, 6.45) is 0.419. The molecule has 0 radical (unpaired) electrons. The number of hydrogen-bond donors (Lipinski definition) is 2. The topological polar surface area (TPSA) is 58.4 Å². The molecule has 0 bridgehead atoms. The van der Waals surface area contributed by atoms with Crippen LogP contribution in [0.3, 0.4) is 0 Å². The maximum absolute atomic E-state index is 13.5. The zero-order valence-corrected chi connectivity index (χ0v) is 11.9. The average molecular weight is 277 g/mol. The summed E-state index contributed by atoms with van der Waals surface area (Å²) in [6, 6.07) is 4.70. The van der Waals surface area contributed by atoms with E-state index in [0.717, 1.165) is 5.56 Å². The molecule has 0 aromatic heterocycles. The fourth-order valence-corrected chi connectivity index (χ4v) is 1.78. The minimum atomic E-state index is -0.316. The molecule has 1 aromatic rings. The van der Waals surface area contributed by atoms with Gasteiger partial charge in [-0.3, -0.25) is 4.79 Å². The smallest absolute Gasteiger partial charge is 0.221 e. The predicted molar refractivity (Wildman–Crippen MR) is 77.4 cm³/mol. The fourth-order valence-electron chi connectivity index (χ4n) is 1.78. The van der Waals surface area contributed by atoms with Gasteiger partial charge in [0.1, 0.15) is 5.82 Å². The second-order valence-corrected chi connectivity index (χ2v) is 4.52. The van der Waals surface area contributed by atoms with Crippen molar-refractivity contribution >= 4 is 5.91 Å². The van der Waals surface area contributed by atoms with Gasteiger partial charge in [-0.1, -0.05) is 11.8 Å². The molecule has 1 aromatic carbocycles. The number of rotatable bonds is 5. The zero-order chi connectivity index (χ0) is 15.0. The largest absolute Gasteiger partial charge is 0.359 e. The summed E-state index contributed by atoms with van der Waals surface area (Å²) >= 11 is 0. The lowest BCUT2D eigenvalue weighted by molar-refractivity contribution is -0.120. The number of hydrogen-bond acceptors (Lipinski definition) is 3. The molecule has 0 atom stereocenters. The van der Waals surface area contributed by atoms with Crippen LogP contribution in [0.25, 0.3) is 0 Å². The molecule has 20 heavy (non-hydrogen) atoms. The normalized spacial score (nSPS) is 10.1. The molecule has 0 heterocycles. The second-order valence-electron chi connectivity index (χ2n) is 4.52. The Morgan fingerprint density at radius 3 is 2.85 bits per heavy atom. The number of nitrogens with one attached hydrogen (secondary N) is 1. The van der Waals surface area contributed by atoms with Gasteiger partial charge in [-0.25, -0.2) is 4.39 Å². The van der Waals surface area contributed by atoms with Crippen LogP contribution in [-0.2, 0) is 11.3 Å². The van der Waals surface area contributed by atoms with E-state index in [1.54, 1.807) is 7.05 Å². The second kappa shape index (κ2) is 8.31. The quantitative estimate of drug-likeness (QED) is 0.779. The summed E-state index contributed by atoms with van der Waals surface area (Å²) in [5.41, 5.74) is 6.74. The third-order valence-electron chi connectivity index (χ3n) is 2.74. The SMILES string of the molecule is CNC(=O)CCN(C)Cc1cc(F)cc(C#CCN)c1. The molecule has 4 nitrogen and oxygen atoms in total. The van der Waals surface area contributed by atoms with Gasteiger partial charge < -0.3 is 16.0 Å².